The molecule has 1 aliphatic heterocycles. The largest absolute Gasteiger partial charge is 0.551 e. The minimum absolute atomic E-state index is 0. The maximum atomic E-state index is 9.00. The number of hydrogen-bond acceptors (Lipinski definition) is 2. The van der Waals surface area contributed by atoms with Crippen molar-refractivity contribution in [1.82, 2.24) is 0 Å². The van der Waals surface area contributed by atoms with E-state index in [9.17, 15) is 0 Å². The van der Waals surface area contributed by atoms with E-state index < -0.39 is 5.97 Å². The van der Waals surface area contributed by atoms with Crippen molar-refractivity contribution in [1.29, 1.82) is 0 Å². The molecule has 3 nitrogen and oxygen atoms in total. The van der Waals surface area contributed by atoms with E-state index in [1.54, 1.807) is 0 Å². The van der Waals surface area contributed by atoms with Crippen LogP contribution in [0.25, 0.3) is 0 Å². The molecule has 1 aliphatic rings. The monoisotopic (exact) mass is 265 g/mol. The van der Waals surface area contributed by atoms with Gasteiger partial charge in [-0.2, -0.15) is 6.42 Å². The van der Waals surface area contributed by atoms with Crippen molar-refractivity contribution in [3.63, 3.8) is 0 Å². The summed E-state index contributed by atoms with van der Waals surface area (Å²) in [5, 5.41) is 7.42. The molecule has 0 amide bonds. The van der Waals surface area contributed by atoms with Gasteiger partial charge < -0.3 is 9.84 Å². The van der Waals surface area contributed by atoms with Crippen molar-refractivity contribution in [2.75, 3.05) is 6.61 Å². The molecule has 1 heterocycles. The summed E-state index contributed by atoms with van der Waals surface area (Å²) in [6.45, 7) is 2.07. The molecule has 1 N–H and O–H groups in total. The maximum absolute atomic E-state index is 9.00. The van der Waals surface area contributed by atoms with Gasteiger partial charge in [-0.3, -0.25) is 4.79 Å². The Bertz CT molecular complexity index is 111. The summed E-state index contributed by atoms with van der Waals surface area (Å²) < 4.78 is 5.26. The summed E-state index contributed by atoms with van der Waals surface area (Å²) in [6, 6.07) is 0. The van der Waals surface area contributed by atoms with Crippen LogP contribution in [-0.4, -0.2) is 27.9 Å². The predicted octanol–water partition coefficient (Wildman–Crippen LogP) is 0.130. The summed E-state index contributed by atoms with van der Waals surface area (Å²) >= 11 is 0. The summed E-state index contributed by atoms with van der Waals surface area (Å²) in [5.41, 5.74) is 1.35. The Balaban J connectivity index is 0. The molecule has 0 aromatic rings. The summed E-state index contributed by atoms with van der Waals surface area (Å²) in [4.78, 5) is 9.00. The van der Waals surface area contributed by atoms with Gasteiger partial charge in [0.2, 0.25) is 0 Å². The van der Waals surface area contributed by atoms with E-state index in [1.807, 2.05) is 0 Å². The van der Waals surface area contributed by atoms with E-state index in [4.69, 9.17) is 14.6 Å². The first kappa shape index (κ1) is 15.0. The predicted molar refractivity (Wildman–Crippen MR) is 46.3 cm³/mol. The van der Waals surface area contributed by atoms with Crippen LogP contribution in [0, 0.1) is 5.73 Å². The SMILES string of the molecule is CC(=O)O.[SiH3][C-]1CCCCO1.[Zr]. The summed E-state index contributed by atoms with van der Waals surface area (Å²) in [5.74, 6) is -0.833. The Morgan fingerprint density at radius 2 is 2.08 bits per heavy atom. The molecular formula is C7H15O3SiZr-. The van der Waals surface area contributed by atoms with E-state index >= 15 is 0 Å². The molecule has 5 heteroatoms. The van der Waals surface area contributed by atoms with Crippen molar-refractivity contribution in [2.45, 2.75) is 26.2 Å². The maximum Gasteiger partial charge on any atom is 0.300 e. The molecular weight excluding hydrogens is 251 g/mol. The van der Waals surface area contributed by atoms with Gasteiger partial charge in [0, 0.05) is 39.7 Å². The van der Waals surface area contributed by atoms with Gasteiger partial charge in [0.25, 0.3) is 5.97 Å². The van der Waals surface area contributed by atoms with E-state index in [2.05, 4.69) is 0 Å². The second-order valence-corrected chi connectivity index (χ2v) is 3.64. The molecule has 0 radical (unpaired) electrons. The number of carbonyl (C=O) groups is 1. The van der Waals surface area contributed by atoms with Gasteiger partial charge in [-0.05, 0) is 6.42 Å². The number of aliphatic carboxylic acids is 1. The number of hydrogen-bond donors (Lipinski definition) is 1. The Hall–Kier alpha value is 0.530. The molecule has 0 unspecified atom stereocenters. The van der Waals surface area contributed by atoms with Crippen LogP contribution in [0.2, 0.25) is 0 Å². The van der Waals surface area contributed by atoms with Crippen LogP contribution in [0.3, 0.4) is 0 Å². The molecule has 12 heavy (non-hydrogen) atoms. The average Bonchev–Trinajstić information content (AvgIpc) is 1.87. The van der Waals surface area contributed by atoms with Crippen molar-refractivity contribution in [3.8, 4) is 0 Å². The van der Waals surface area contributed by atoms with Crippen LogP contribution >= 0.6 is 0 Å². The quantitative estimate of drug-likeness (QED) is 0.501. The summed E-state index contributed by atoms with van der Waals surface area (Å²) in [6.07, 6.45) is 3.87. The molecule has 0 spiro atoms. The van der Waals surface area contributed by atoms with E-state index in [0.29, 0.717) is 0 Å². The number of rotatable bonds is 0. The Morgan fingerprint density at radius 1 is 1.58 bits per heavy atom. The third-order valence-corrected chi connectivity index (χ3v) is 2.06. The number of ether oxygens (including phenoxy) is 1. The van der Waals surface area contributed by atoms with Crippen LogP contribution in [-0.2, 0) is 35.7 Å². The van der Waals surface area contributed by atoms with Crippen LogP contribution in [0.4, 0.5) is 0 Å². The zero-order valence-electron chi connectivity index (χ0n) is 7.59. The van der Waals surface area contributed by atoms with Gasteiger partial charge in [0.05, 0.1) is 0 Å². The fourth-order valence-corrected chi connectivity index (χ4v) is 1.35. The van der Waals surface area contributed by atoms with Crippen molar-refractivity contribution in [3.05, 3.63) is 5.73 Å². The molecule has 0 aliphatic carbocycles. The summed E-state index contributed by atoms with van der Waals surface area (Å²) in [7, 11) is 1.15. The molecule has 0 saturated carbocycles. The third kappa shape index (κ3) is 13.1. The van der Waals surface area contributed by atoms with Crippen LogP contribution in [0.1, 0.15) is 26.2 Å². The van der Waals surface area contributed by atoms with Gasteiger partial charge >= 0.3 is 0 Å². The Morgan fingerprint density at radius 3 is 2.25 bits per heavy atom. The minimum atomic E-state index is -0.833. The number of carboxylic acid groups (broad SMARTS) is 1. The van der Waals surface area contributed by atoms with Crippen molar-refractivity contribution < 1.29 is 40.8 Å². The van der Waals surface area contributed by atoms with Crippen LogP contribution in [0.15, 0.2) is 0 Å². The molecule has 0 atom stereocenters. The first-order valence-corrected chi connectivity index (χ1v) is 4.77. The zero-order valence-corrected chi connectivity index (χ0v) is 12.1. The van der Waals surface area contributed by atoms with Gasteiger partial charge in [0.1, 0.15) is 0 Å². The molecule has 70 valence electrons. The van der Waals surface area contributed by atoms with E-state index in [-0.39, 0.29) is 26.2 Å². The fraction of sp³-hybridized carbons (Fsp3) is 0.714. The first-order chi connectivity index (χ1) is 5.13. The number of carboxylic acids is 1. The second kappa shape index (κ2) is 9.62. The van der Waals surface area contributed by atoms with E-state index in [1.165, 1.54) is 25.0 Å². The molecule has 1 fully saturated rings. The normalized spacial score (nSPS) is 17.1. The average molecular weight is 267 g/mol. The van der Waals surface area contributed by atoms with E-state index in [0.717, 1.165) is 23.8 Å². The Kier molecular flexibility index (Phi) is 12.0. The smallest absolute Gasteiger partial charge is 0.300 e. The standard InChI is InChI=1S/C5H11OSi.C2H4O2.Zr/c7-5-3-1-2-4-6-5;1-2(3)4;/h1-4H2,7H3;1H3,(H,3,4);/q-1;;. The molecule has 0 aromatic heterocycles. The molecule has 0 aromatic carbocycles. The van der Waals surface area contributed by atoms with Crippen molar-refractivity contribution >= 4 is 16.2 Å². The molecule has 0 bridgehead atoms. The van der Waals surface area contributed by atoms with Crippen LogP contribution in [0.5, 0.6) is 0 Å². The Labute approximate surface area is 95.4 Å². The third-order valence-electron chi connectivity index (χ3n) is 1.27. The topological polar surface area (TPSA) is 46.5 Å². The van der Waals surface area contributed by atoms with Gasteiger partial charge in [-0.15, -0.1) is 10.2 Å². The van der Waals surface area contributed by atoms with Gasteiger partial charge in [-0.1, -0.05) is 6.42 Å². The second-order valence-electron chi connectivity index (χ2n) is 2.53. The molecule has 1 rings (SSSR count). The molecule has 1 saturated heterocycles. The first-order valence-electron chi connectivity index (χ1n) is 3.77. The van der Waals surface area contributed by atoms with Crippen LogP contribution < -0.4 is 0 Å². The van der Waals surface area contributed by atoms with Crippen molar-refractivity contribution in [2.24, 2.45) is 0 Å². The van der Waals surface area contributed by atoms with Gasteiger partial charge in [-0.25, -0.2) is 5.73 Å². The fourth-order valence-electron chi connectivity index (χ4n) is 0.795. The zero-order chi connectivity index (χ0) is 8.69. The minimum Gasteiger partial charge on any atom is -0.551 e. The van der Waals surface area contributed by atoms with Gasteiger partial charge in [0.15, 0.2) is 0 Å².